The van der Waals surface area contributed by atoms with Crippen molar-refractivity contribution in [3.05, 3.63) is 54.1 Å². The number of nitrogens with zero attached hydrogens (tertiary/aromatic N) is 1. The fraction of sp³-hybridized carbons (Fsp3) is 0.263. The standard InChI is InChI=1S/C19H23N3O3/c1-4-17(21-15-8-6-5-7-9-15)19(23)22-20-13-14-10-11-16(24-2)12-18(14)25-3/h5-13,17,21H,4H2,1-3H3,(H,22,23)/b20-13-/t17-/m0/s1. The topological polar surface area (TPSA) is 72.0 Å². The molecule has 1 amide bonds. The molecule has 0 saturated heterocycles. The summed E-state index contributed by atoms with van der Waals surface area (Å²) in [5.74, 6) is 1.11. The Bertz CT molecular complexity index is 717. The molecule has 0 bridgehead atoms. The second-order valence-corrected chi connectivity index (χ2v) is 5.31. The third-order valence-electron chi connectivity index (χ3n) is 3.66. The van der Waals surface area contributed by atoms with Gasteiger partial charge in [0.25, 0.3) is 5.91 Å². The summed E-state index contributed by atoms with van der Waals surface area (Å²) in [6.45, 7) is 1.94. The van der Waals surface area contributed by atoms with E-state index in [1.54, 1.807) is 32.6 Å². The Hall–Kier alpha value is -3.02. The van der Waals surface area contributed by atoms with E-state index in [2.05, 4.69) is 15.8 Å². The molecule has 0 aliphatic heterocycles. The van der Waals surface area contributed by atoms with Crippen LogP contribution in [0.5, 0.6) is 11.5 Å². The largest absolute Gasteiger partial charge is 0.497 e. The van der Waals surface area contributed by atoms with Gasteiger partial charge in [0.1, 0.15) is 17.5 Å². The maximum atomic E-state index is 12.3. The van der Waals surface area contributed by atoms with Crippen molar-refractivity contribution >= 4 is 17.8 Å². The molecule has 0 radical (unpaired) electrons. The van der Waals surface area contributed by atoms with Crippen molar-refractivity contribution in [3.63, 3.8) is 0 Å². The van der Waals surface area contributed by atoms with Crippen LogP contribution in [0.1, 0.15) is 18.9 Å². The molecule has 0 fully saturated rings. The second-order valence-electron chi connectivity index (χ2n) is 5.31. The number of benzene rings is 2. The molecule has 6 heteroatoms. The number of carbonyl (C=O) groups is 1. The van der Waals surface area contributed by atoms with Gasteiger partial charge in [-0.1, -0.05) is 25.1 Å². The lowest BCUT2D eigenvalue weighted by Crippen LogP contribution is -2.36. The number of nitrogens with one attached hydrogen (secondary N) is 2. The first-order valence-electron chi connectivity index (χ1n) is 8.04. The van der Waals surface area contributed by atoms with Crippen molar-refractivity contribution in [2.75, 3.05) is 19.5 Å². The van der Waals surface area contributed by atoms with Crippen LogP contribution in [-0.4, -0.2) is 32.4 Å². The monoisotopic (exact) mass is 341 g/mol. The van der Waals surface area contributed by atoms with E-state index in [-0.39, 0.29) is 11.9 Å². The van der Waals surface area contributed by atoms with E-state index >= 15 is 0 Å². The summed E-state index contributed by atoms with van der Waals surface area (Å²) in [6, 6.07) is 14.6. The van der Waals surface area contributed by atoms with E-state index in [0.29, 0.717) is 17.9 Å². The van der Waals surface area contributed by atoms with Crippen LogP contribution in [-0.2, 0) is 4.79 Å². The number of para-hydroxylation sites is 1. The Labute approximate surface area is 147 Å². The van der Waals surface area contributed by atoms with Gasteiger partial charge in [-0.2, -0.15) is 5.10 Å². The number of amides is 1. The molecule has 0 aliphatic carbocycles. The number of hydrogen-bond acceptors (Lipinski definition) is 5. The van der Waals surface area contributed by atoms with Crippen LogP contribution in [0.25, 0.3) is 0 Å². The lowest BCUT2D eigenvalue weighted by atomic mass is 10.2. The fourth-order valence-electron chi connectivity index (χ4n) is 2.26. The van der Waals surface area contributed by atoms with Gasteiger partial charge in [0, 0.05) is 17.3 Å². The molecular weight excluding hydrogens is 318 g/mol. The summed E-state index contributed by atoms with van der Waals surface area (Å²) < 4.78 is 10.5. The molecule has 0 aliphatic rings. The first-order valence-corrected chi connectivity index (χ1v) is 8.04. The highest BCUT2D eigenvalue weighted by molar-refractivity contribution is 5.88. The predicted molar refractivity (Wildman–Crippen MR) is 99.4 cm³/mol. The molecule has 2 aromatic rings. The average molecular weight is 341 g/mol. The van der Waals surface area contributed by atoms with E-state index in [0.717, 1.165) is 11.3 Å². The van der Waals surface area contributed by atoms with Gasteiger partial charge in [-0.15, -0.1) is 0 Å². The van der Waals surface area contributed by atoms with Gasteiger partial charge in [0.05, 0.1) is 20.4 Å². The highest BCUT2D eigenvalue weighted by Gasteiger charge is 2.15. The van der Waals surface area contributed by atoms with Crippen molar-refractivity contribution in [1.29, 1.82) is 0 Å². The van der Waals surface area contributed by atoms with Gasteiger partial charge in [-0.25, -0.2) is 5.43 Å². The summed E-state index contributed by atoms with van der Waals surface area (Å²) in [5.41, 5.74) is 4.20. The summed E-state index contributed by atoms with van der Waals surface area (Å²) in [7, 11) is 3.16. The Morgan fingerprint density at radius 1 is 1.16 bits per heavy atom. The molecule has 6 nitrogen and oxygen atoms in total. The van der Waals surface area contributed by atoms with Gasteiger partial charge in [0.2, 0.25) is 0 Å². The van der Waals surface area contributed by atoms with Crippen molar-refractivity contribution < 1.29 is 14.3 Å². The van der Waals surface area contributed by atoms with Gasteiger partial charge >= 0.3 is 0 Å². The average Bonchev–Trinajstić information content (AvgIpc) is 2.66. The van der Waals surface area contributed by atoms with Crippen LogP contribution in [0.3, 0.4) is 0 Å². The fourth-order valence-corrected chi connectivity index (χ4v) is 2.26. The number of hydrazone groups is 1. The number of methoxy groups -OCH3 is 2. The molecule has 2 rings (SSSR count). The third kappa shape index (κ3) is 5.24. The highest BCUT2D eigenvalue weighted by atomic mass is 16.5. The van der Waals surface area contributed by atoms with Crippen molar-refractivity contribution in [2.45, 2.75) is 19.4 Å². The Kier molecular flexibility index (Phi) is 6.83. The van der Waals surface area contributed by atoms with Crippen molar-refractivity contribution in [1.82, 2.24) is 5.43 Å². The Morgan fingerprint density at radius 2 is 1.92 bits per heavy atom. The second kappa shape index (κ2) is 9.32. The van der Waals surface area contributed by atoms with Crippen LogP contribution < -0.4 is 20.2 Å². The van der Waals surface area contributed by atoms with E-state index < -0.39 is 0 Å². The molecule has 2 aromatic carbocycles. The molecule has 25 heavy (non-hydrogen) atoms. The van der Waals surface area contributed by atoms with E-state index in [9.17, 15) is 4.79 Å². The number of rotatable bonds is 8. The number of ether oxygens (including phenoxy) is 2. The minimum atomic E-state index is -0.364. The summed E-state index contributed by atoms with van der Waals surface area (Å²) >= 11 is 0. The van der Waals surface area contributed by atoms with Crippen LogP contribution in [0.15, 0.2) is 53.6 Å². The number of hydrogen-bond donors (Lipinski definition) is 2. The molecular formula is C19H23N3O3. The maximum absolute atomic E-state index is 12.3. The molecule has 132 valence electrons. The zero-order chi connectivity index (χ0) is 18.1. The molecule has 1 atom stereocenters. The van der Waals surface area contributed by atoms with Gasteiger partial charge < -0.3 is 14.8 Å². The SMILES string of the molecule is CC[C@H](Nc1ccccc1)C(=O)N/N=C\c1ccc(OC)cc1OC. The zero-order valence-corrected chi connectivity index (χ0v) is 14.7. The number of carbonyl (C=O) groups excluding carboxylic acids is 1. The van der Waals surface area contributed by atoms with E-state index in [1.165, 1.54) is 0 Å². The lowest BCUT2D eigenvalue weighted by molar-refractivity contribution is -0.121. The van der Waals surface area contributed by atoms with E-state index in [1.807, 2.05) is 43.3 Å². The first kappa shape index (κ1) is 18.3. The maximum Gasteiger partial charge on any atom is 0.262 e. The first-order chi connectivity index (χ1) is 12.2. The molecule has 0 saturated carbocycles. The van der Waals surface area contributed by atoms with E-state index in [4.69, 9.17) is 9.47 Å². The minimum Gasteiger partial charge on any atom is -0.497 e. The quantitative estimate of drug-likeness (QED) is 0.572. The van der Waals surface area contributed by atoms with Gasteiger partial charge in [-0.3, -0.25) is 4.79 Å². The van der Waals surface area contributed by atoms with Crippen molar-refractivity contribution in [3.8, 4) is 11.5 Å². The van der Waals surface area contributed by atoms with Gasteiger partial charge in [0.15, 0.2) is 0 Å². The summed E-state index contributed by atoms with van der Waals surface area (Å²) in [5, 5.41) is 7.22. The smallest absolute Gasteiger partial charge is 0.262 e. The predicted octanol–water partition coefficient (Wildman–Crippen LogP) is 3.04. The van der Waals surface area contributed by atoms with Crippen LogP contribution >= 0.6 is 0 Å². The third-order valence-corrected chi connectivity index (χ3v) is 3.66. The molecule has 2 N–H and O–H groups in total. The van der Waals surface area contributed by atoms with Crippen molar-refractivity contribution in [2.24, 2.45) is 5.10 Å². The summed E-state index contributed by atoms with van der Waals surface area (Å²) in [4.78, 5) is 12.3. The lowest BCUT2D eigenvalue weighted by Gasteiger charge is -2.16. The highest BCUT2D eigenvalue weighted by Crippen LogP contribution is 2.23. The van der Waals surface area contributed by atoms with Crippen LogP contribution in [0.2, 0.25) is 0 Å². The zero-order valence-electron chi connectivity index (χ0n) is 14.7. The molecule has 0 spiro atoms. The van der Waals surface area contributed by atoms with Crippen LogP contribution in [0.4, 0.5) is 5.69 Å². The number of anilines is 1. The molecule has 0 heterocycles. The molecule has 0 aromatic heterocycles. The molecule has 0 unspecified atom stereocenters. The summed E-state index contributed by atoms with van der Waals surface area (Å²) in [6.07, 6.45) is 2.19. The van der Waals surface area contributed by atoms with Crippen LogP contribution in [0, 0.1) is 0 Å². The van der Waals surface area contributed by atoms with Gasteiger partial charge in [-0.05, 0) is 30.7 Å². The minimum absolute atomic E-state index is 0.199. The normalized spacial score (nSPS) is 11.8. The Balaban J connectivity index is 1.99. The Morgan fingerprint density at radius 3 is 2.56 bits per heavy atom.